The van der Waals surface area contributed by atoms with Crippen molar-refractivity contribution >= 4 is 17.9 Å². The Labute approximate surface area is 359 Å². The number of hydrogen-bond acceptors (Lipinski definition) is 6. The molecule has 1 unspecified atom stereocenters. The van der Waals surface area contributed by atoms with E-state index in [2.05, 4.69) is 57.2 Å². The highest BCUT2D eigenvalue weighted by atomic mass is 16.6. The van der Waals surface area contributed by atoms with Crippen LogP contribution in [0.5, 0.6) is 0 Å². The summed E-state index contributed by atoms with van der Waals surface area (Å²) in [5, 5.41) is 0. The lowest BCUT2D eigenvalue weighted by Crippen LogP contribution is -2.30. The first-order chi connectivity index (χ1) is 28.5. The second-order valence-electron chi connectivity index (χ2n) is 16.7. The topological polar surface area (TPSA) is 78.9 Å². The smallest absolute Gasteiger partial charge is 0.306 e. The Morgan fingerprint density at radius 1 is 0.345 bits per heavy atom. The first-order valence-corrected chi connectivity index (χ1v) is 25.0. The summed E-state index contributed by atoms with van der Waals surface area (Å²) in [6.07, 6.45) is 54.1. The minimum atomic E-state index is -0.778. The van der Waals surface area contributed by atoms with Crippen molar-refractivity contribution in [1.82, 2.24) is 0 Å². The maximum absolute atomic E-state index is 12.7. The van der Waals surface area contributed by atoms with Gasteiger partial charge in [0.15, 0.2) is 6.10 Å². The molecule has 0 aliphatic rings. The molecule has 338 valence electrons. The zero-order valence-corrected chi connectivity index (χ0v) is 38.6. The number of carbonyl (C=O) groups excluding carboxylic acids is 3. The lowest BCUT2D eigenvalue weighted by atomic mass is 10.1. The van der Waals surface area contributed by atoms with E-state index in [0.717, 1.165) is 83.5 Å². The summed E-state index contributed by atoms with van der Waals surface area (Å²) in [4.78, 5) is 37.8. The number of rotatable bonds is 45. The van der Waals surface area contributed by atoms with Crippen molar-refractivity contribution in [2.24, 2.45) is 0 Å². The van der Waals surface area contributed by atoms with E-state index in [9.17, 15) is 14.4 Å². The third-order valence-electron chi connectivity index (χ3n) is 10.9. The molecule has 0 aliphatic heterocycles. The Balaban J connectivity index is 4.34. The predicted octanol–water partition coefficient (Wildman–Crippen LogP) is 16.1. The summed E-state index contributed by atoms with van der Waals surface area (Å²) in [6.45, 7) is 6.58. The molecule has 58 heavy (non-hydrogen) atoms. The summed E-state index contributed by atoms with van der Waals surface area (Å²) < 4.78 is 16.7. The van der Waals surface area contributed by atoms with Crippen LogP contribution in [0.25, 0.3) is 0 Å². The van der Waals surface area contributed by atoms with Gasteiger partial charge >= 0.3 is 17.9 Å². The molecule has 0 aromatic carbocycles. The molecule has 0 aliphatic carbocycles. The van der Waals surface area contributed by atoms with Crippen molar-refractivity contribution in [3.63, 3.8) is 0 Å². The van der Waals surface area contributed by atoms with Crippen LogP contribution >= 0.6 is 0 Å². The zero-order valence-electron chi connectivity index (χ0n) is 38.6. The highest BCUT2D eigenvalue weighted by Crippen LogP contribution is 2.14. The molecule has 0 rings (SSSR count). The van der Waals surface area contributed by atoms with Crippen LogP contribution in [0.4, 0.5) is 0 Å². The molecule has 0 heterocycles. The maximum atomic E-state index is 12.7. The Bertz CT molecular complexity index is 984. The van der Waals surface area contributed by atoms with Gasteiger partial charge in [0, 0.05) is 19.3 Å². The molecule has 6 nitrogen and oxygen atoms in total. The van der Waals surface area contributed by atoms with Gasteiger partial charge in [0.2, 0.25) is 0 Å². The molecule has 0 amide bonds. The number of allylic oxidation sites excluding steroid dienone is 6. The standard InChI is InChI=1S/C52H94O6/c1-4-7-10-13-16-19-21-23-25-26-27-29-30-33-36-39-42-45-51(54)57-48-49(47-56-50(53)44-41-38-35-32-18-15-12-9-6-3)58-52(55)46-43-40-37-34-31-28-24-22-20-17-14-11-8-5-2/h16,19,23,25,28,31,49H,4-15,17-18,20-22,24,26-27,29-30,32-48H2,1-3H3/b19-16-,25-23-,31-28-. The van der Waals surface area contributed by atoms with Gasteiger partial charge in [-0.1, -0.05) is 198 Å². The minimum absolute atomic E-state index is 0.0786. The fourth-order valence-electron chi connectivity index (χ4n) is 7.05. The van der Waals surface area contributed by atoms with Crippen LogP contribution in [0.1, 0.15) is 258 Å². The summed E-state index contributed by atoms with van der Waals surface area (Å²) in [7, 11) is 0. The first-order valence-electron chi connectivity index (χ1n) is 25.0. The van der Waals surface area contributed by atoms with Crippen molar-refractivity contribution in [3.05, 3.63) is 36.5 Å². The SMILES string of the molecule is CCCCC/C=C\C/C=C\CCCCCCCCCC(=O)OCC(COC(=O)CCCCCCCCCCC)OC(=O)CCCCC/C=C\CCCCCCCCC. The number of ether oxygens (including phenoxy) is 3. The van der Waals surface area contributed by atoms with Gasteiger partial charge in [-0.2, -0.15) is 0 Å². The minimum Gasteiger partial charge on any atom is -0.462 e. The highest BCUT2D eigenvalue weighted by Gasteiger charge is 2.19. The molecule has 0 aromatic heterocycles. The van der Waals surface area contributed by atoms with Gasteiger partial charge in [0.05, 0.1) is 0 Å². The molecule has 0 saturated carbocycles. The van der Waals surface area contributed by atoms with Crippen LogP contribution in [0.15, 0.2) is 36.5 Å². The third-order valence-corrected chi connectivity index (χ3v) is 10.9. The van der Waals surface area contributed by atoms with Crippen LogP contribution < -0.4 is 0 Å². The zero-order chi connectivity index (χ0) is 42.3. The van der Waals surface area contributed by atoms with Crippen LogP contribution in [0, 0.1) is 0 Å². The van der Waals surface area contributed by atoms with E-state index >= 15 is 0 Å². The van der Waals surface area contributed by atoms with E-state index in [-0.39, 0.29) is 31.1 Å². The normalized spacial score (nSPS) is 12.3. The molecule has 0 aromatic rings. The summed E-state index contributed by atoms with van der Waals surface area (Å²) >= 11 is 0. The van der Waals surface area contributed by atoms with Crippen molar-refractivity contribution < 1.29 is 28.6 Å². The highest BCUT2D eigenvalue weighted by molar-refractivity contribution is 5.71. The van der Waals surface area contributed by atoms with E-state index in [1.807, 2.05) is 0 Å². The molecule has 0 bridgehead atoms. The van der Waals surface area contributed by atoms with Gasteiger partial charge in [-0.25, -0.2) is 0 Å². The molecule has 1 atom stereocenters. The molecular formula is C52H94O6. The largest absolute Gasteiger partial charge is 0.462 e. The molecular weight excluding hydrogens is 721 g/mol. The third kappa shape index (κ3) is 44.7. The van der Waals surface area contributed by atoms with Gasteiger partial charge in [0.25, 0.3) is 0 Å². The van der Waals surface area contributed by atoms with Gasteiger partial charge in [-0.15, -0.1) is 0 Å². The van der Waals surface area contributed by atoms with E-state index in [1.165, 1.54) is 135 Å². The van der Waals surface area contributed by atoms with Crippen molar-refractivity contribution in [1.29, 1.82) is 0 Å². The Morgan fingerprint density at radius 2 is 0.621 bits per heavy atom. The second kappa shape index (κ2) is 47.3. The van der Waals surface area contributed by atoms with Crippen LogP contribution in [-0.2, 0) is 28.6 Å². The van der Waals surface area contributed by atoms with Crippen LogP contribution in [0.2, 0.25) is 0 Å². The van der Waals surface area contributed by atoms with E-state index in [1.54, 1.807) is 0 Å². The average molecular weight is 815 g/mol. The molecule has 0 saturated heterocycles. The Morgan fingerprint density at radius 3 is 1.02 bits per heavy atom. The van der Waals surface area contributed by atoms with Crippen molar-refractivity contribution in [2.45, 2.75) is 264 Å². The number of hydrogen-bond donors (Lipinski definition) is 0. The number of unbranched alkanes of at least 4 members (excludes halogenated alkanes) is 28. The van der Waals surface area contributed by atoms with Crippen LogP contribution in [-0.4, -0.2) is 37.2 Å². The quantitative estimate of drug-likeness (QED) is 0.0264. The maximum Gasteiger partial charge on any atom is 0.306 e. The van der Waals surface area contributed by atoms with Gasteiger partial charge < -0.3 is 14.2 Å². The van der Waals surface area contributed by atoms with E-state index < -0.39 is 6.10 Å². The molecule has 0 radical (unpaired) electrons. The van der Waals surface area contributed by atoms with Gasteiger partial charge in [0.1, 0.15) is 13.2 Å². The Hall–Kier alpha value is -2.37. The van der Waals surface area contributed by atoms with Crippen LogP contribution in [0.3, 0.4) is 0 Å². The molecule has 6 heteroatoms. The summed E-state index contributed by atoms with van der Waals surface area (Å²) in [6, 6.07) is 0. The van der Waals surface area contributed by atoms with E-state index in [0.29, 0.717) is 19.3 Å². The molecule has 0 N–H and O–H groups in total. The number of carbonyl (C=O) groups is 3. The first kappa shape index (κ1) is 55.6. The summed E-state index contributed by atoms with van der Waals surface area (Å²) in [5.74, 6) is -0.899. The fourth-order valence-corrected chi connectivity index (χ4v) is 7.05. The monoisotopic (exact) mass is 815 g/mol. The Kier molecular flexibility index (Phi) is 45.4. The molecule has 0 spiro atoms. The van der Waals surface area contributed by atoms with Gasteiger partial charge in [-0.05, 0) is 77.0 Å². The fraction of sp³-hybridized carbons (Fsp3) is 0.827. The van der Waals surface area contributed by atoms with Crippen molar-refractivity contribution in [2.75, 3.05) is 13.2 Å². The second-order valence-corrected chi connectivity index (χ2v) is 16.7. The van der Waals surface area contributed by atoms with Gasteiger partial charge in [-0.3, -0.25) is 14.4 Å². The average Bonchev–Trinajstić information content (AvgIpc) is 3.22. The predicted molar refractivity (Wildman–Crippen MR) is 247 cm³/mol. The lowest BCUT2D eigenvalue weighted by Gasteiger charge is -2.18. The van der Waals surface area contributed by atoms with Crippen molar-refractivity contribution in [3.8, 4) is 0 Å². The molecule has 0 fully saturated rings. The lowest BCUT2D eigenvalue weighted by molar-refractivity contribution is -0.167. The summed E-state index contributed by atoms with van der Waals surface area (Å²) in [5.41, 5.74) is 0. The number of esters is 3. The van der Waals surface area contributed by atoms with E-state index in [4.69, 9.17) is 14.2 Å².